The van der Waals surface area contributed by atoms with Gasteiger partial charge in [0.1, 0.15) is 18.2 Å². The Hall–Kier alpha value is -2.83. The normalized spacial score (nSPS) is 15.3. The maximum Gasteiger partial charge on any atom is 0.191 e. The third-order valence-corrected chi connectivity index (χ3v) is 4.06. The number of benzene rings is 1. The van der Waals surface area contributed by atoms with Crippen molar-refractivity contribution in [1.82, 2.24) is 9.88 Å². The van der Waals surface area contributed by atoms with E-state index in [9.17, 15) is 4.39 Å². The van der Waals surface area contributed by atoms with Crippen molar-refractivity contribution in [1.29, 1.82) is 0 Å². The van der Waals surface area contributed by atoms with Gasteiger partial charge in [0.2, 0.25) is 0 Å². The van der Waals surface area contributed by atoms with E-state index in [2.05, 4.69) is 19.8 Å². The Kier molecular flexibility index (Phi) is 5.66. The van der Waals surface area contributed by atoms with Gasteiger partial charge < -0.3 is 20.3 Å². The van der Waals surface area contributed by atoms with Crippen LogP contribution in [0.25, 0.3) is 0 Å². The van der Waals surface area contributed by atoms with Crippen LogP contribution in [0.1, 0.15) is 0 Å². The average Bonchev–Trinajstić information content (AvgIpc) is 2.67. The zero-order valence-electron chi connectivity index (χ0n) is 14.0. The Morgan fingerprint density at radius 3 is 2.60 bits per heavy atom. The molecule has 6 nitrogen and oxygen atoms in total. The van der Waals surface area contributed by atoms with Crippen LogP contribution in [0.5, 0.6) is 5.75 Å². The fraction of sp³-hybridized carbons (Fsp3) is 0.333. The molecule has 0 bridgehead atoms. The van der Waals surface area contributed by atoms with Gasteiger partial charge in [-0.2, -0.15) is 0 Å². The molecule has 3 rings (SSSR count). The molecule has 0 atom stereocenters. The Morgan fingerprint density at radius 1 is 1.16 bits per heavy atom. The fourth-order valence-corrected chi connectivity index (χ4v) is 2.70. The molecule has 0 saturated carbocycles. The minimum absolute atomic E-state index is 0.215. The third-order valence-electron chi connectivity index (χ3n) is 4.06. The van der Waals surface area contributed by atoms with Crippen LogP contribution in [0.15, 0.2) is 53.8 Å². The summed E-state index contributed by atoms with van der Waals surface area (Å²) in [6.07, 6.45) is 3.37. The van der Waals surface area contributed by atoms with Gasteiger partial charge in [-0.05, 0) is 36.4 Å². The lowest BCUT2D eigenvalue weighted by Crippen LogP contribution is -2.51. The first-order valence-corrected chi connectivity index (χ1v) is 8.30. The molecule has 132 valence electrons. The van der Waals surface area contributed by atoms with Crippen molar-refractivity contribution < 1.29 is 9.13 Å². The van der Waals surface area contributed by atoms with Crippen LogP contribution < -0.4 is 15.4 Å². The molecule has 1 aromatic heterocycles. The van der Waals surface area contributed by atoms with Gasteiger partial charge in [-0.1, -0.05) is 0 Å². The summed E-state index contributed by atoms with van der Waals surface area (Å²) >= 11 is 0. The van der Waals surface area contributed by atoms with Gasteiger partial charge in [-0.3, -0.25) is 4.98 Å². The number of hydrogen-bond donors (Lipinski definition) is 1. The summed E-state index contributed by atoms with van der Waals surface area (Å²) < 4.78 is 18.6. The maximum atomic E-state index is 13.0. The van der Waals surface area contributed by atoms with Crippen molar-refractivity contribution in [2.24, 2.45) is 10.7 Å². The standard InChI is InChI=1S/C18H22FN5O/c19-15-3-5-16(6-4-15)23-9-11-24(12-10-23)18(20)22-8-13-25-17-2-1-7-21-14-17/h1-7,14H,8-13H2,(H2,20,22). The summed E-state index contributed by atoms with van der Waals surface area (Å²) in [7, 11) is 0. The predicted octanol–water partition coefficient (Wildman–Crippen LogP) is 1.74. The Morgan fingerprint density at radius 2 is 1.92 bits per heavy atom. The molecule has 0 amide bonds. The minimum atomic E-state index is -0.215. The fourth-order valence-electron chi connectivity index (χ4n) is 2.70. The van der Waals surface area contributed by atoms with Crippen LogP contribution in [0.2, 0.25) is 0 Å². The van der Waals surface area contributed by atoms with Gasteiger partial charge in [0.05, 0.1) is 12.7 Å². The first-order valence-electron chi connectivity index (χ1n) is 8.30. The van der Waals surface area contributed by atoms with Gasteiger partial charge in [0.15, 0.2) is 5.96 Å². The molecule has 0 aliphatic carbocycles. The van der Waals surface area contributed by atoms with Crippen LogP contribution in [-0.2, 0) is 0 Å². The van der Waals surface area contributed by atoms with E-state index in [-0.39, 0.29) is 5.82 Å². The van der Waals surface area contributed by atoms with Crippen molar-refractivity contribution >= 4 is 11.6 Å². The molecule has 2 N–H and O–H groups in total. The van der Waals surface area contributed by atoms with E-state index in [4.69, 9.17) is 10.5 Å². The molecule has 1 aliphatic heterocycles. The molecule has 1 aromatic carbocycles. The summed E-state index contributed by atoms with van der Waals surface area (Å²) in [6.45, 7) is 4.19. The highest BCUT2D eigenvalue weighted by molar-refractivity contribution is 5.78. The number of nitrogens with two attached hydrogens (primary N) is 1. The molecule has 1 aliphatic rings. The smallest absolute Gasteiger partial charge is 0.191 e. The van der Waals surface area contributed by atoms with Gasteiger partial charge >= 0.3 is 0 Å². The molecule has 0 unspecified atom stereocenters. The summed E-state index contributed by atoms with van der Waals surface area (Å²) in [6, 6.07) is 10.3. The van der Waals surface area contributed by atoms with E-state index in [1.807, 2.05) is 12.1 Å². The summed E-state index contributed by atoms with van der Waals surface area (Å²) in [5.41, 5.74) is 7.10. The maximum absolute atomic E-state index is 13.0. The number of hydrogen-bond acceptors (Lipinski definition) is 4. The Labute approximate surface area is 146 Å². The van der Waals surface area contributed by atoms with E-state index in [1.54, 1.807) is 24.5 Å². The van der Waals surface area contributed by atoms with E-state index in [0.29, 0.717) is 19.1 Å². The molecule has 25 heavy (non-hydrogen) atoms. The quantitative estimate of drug-likeness (QED) is 0.509. The Bertz CT molecular complexity index is 684. The zero-order valence-corrected chi connectivity index (χ0v) is 14.0. The monoisotopic (exact) mass is 343 g/mol. The SMILES string of the molecule is NC(=NCCOc1cccnc1)N1CCN(c2ccc(F)cc2)CC1. The number of anilines is 1. The minimum Gasteiger partial charge on any atom is -0.490 e. The van der Waals surface area contributed by atoms with Gasteiger partial charge in [0.25, 0.3) is 0 Å². The number of ether oxygens (including phenoxy) is 1. The zero-order chi connectivity index (χ0) is 17.5. The molecule has 2 aromatic rings. The number of rotatable bonds is 5. The molecular weight excluding hydrogens is 321 g/mol. The number of piperazine rings is 1. The molecular formula is C18H22FN5O. The van der Waals surface area contributed by atoms with Gasteiger partial charge in [0, 0.05) is 38.1 Å². The van der Waals surface area contributed by atoms with Crippen LogP contribution in [0.4, 0.5) is 10.1 Å². The highest BCUT2D eigenvalue weighted by Crippen LogP contribution is 2.16. The third kappa shape index (κ3) is 4.82. The second kappa shape index (κ2) is 8.32. The van der Waals surface area contributed by atoms with Crippen LogP contribution in [0, 0.1) is 5.82 Å². The molecule has 1 fully saturated rings. The van der Waals surface area contributed by atoms with Crippen LogP contribution in [-0.4, -0.2) is 55.2 Å². The summed E-state index contributed by atoms with van der Waals surface area (Å²) in [5, 5.41) is 0. The van der Waals surface area contributed by atoms with E-state index in [1.165, 1.54) is 12.1 Å². The number of aliphatic imine (C=N–C) groups is 1. The van der Waals surface area contributed by atoms with Crippen molar-refractivity contribution in [3.63, 3.8) is 0 Å². The number of nitrogens with zero attached hydrogens (tertiary/aromatic N) is 4. The lowest BCUT2D eigenvalue weighted by Gasteiger charge is -2.36. The lowest BCUT2D eigenvalue weighted by atomic mass is 10.2. The van der Waals surface area contributed by atoms with E-state index in [0.717, 1.165) is 37.6 Å². The topological polar surface area (TPSA) is 67.0 Å². The Balaban J connectivity index is 1.43. The molecule has 0 spiro atoms. The van der Waals surface area contributed by atoms with Crippen LogP contribution in [0.3, 0.4) is 0 Å². The predicted molar refractivity (Wildman–Crippen MR) is 96.4 cm³/mol. The first-order chi connectivity index (χ1) is 12.2. The van der Waals surface area contributed by atoms with Gasteiger partial charge in [-0.25, -0.2) is 9.38 Å². The molecule has 2 heterocycles. The summed E-state index contributed by atoms with van der Waals surface area (Å²) in [5.74, 6) is 1.05. The van der Waals surface area contributed by atoms with Crippen molar-refractivity contribution in [3.05, 3.63) is 54.6 Å². The second-order valence-corrected chi connectivity index (χ2v) is 5.73. The number of pyridine rings is 1. The largest absolute Gasteiger partial charge is 0.490 e. The first kappa shape index (κ1) is 17.0. The highest BCUT2D eigenvalue weighted by atomic mass is 19.1. The van der Waals surface area contributed by atoms with Crippen LogP contribution >= 0.6 is 0 Å². The van der Waals surface area contributed by atoms with Crippen molar-refractivity contribution in [2.45, 2.75) is 0 Å². The molecule has 0 radical (unpaired) electrons. The van der Waals surface area contributed by atoms with E-state index < -0.39 is 0 Å². The van der Waals surface area contributed by atoms with Crippen molar-refractivity contribution in [2.75, 3.05) is 44.2 Å². The number of halogens is 1. The van der Waals surface area contributed by atoms with E-state index >= 15 is 0 Å². The highest BCUT2D eigenvalue weighted by Gasteiger charge is 2.18. The number of aromatic nitrogens is 1. The van der Waals surface area contributed by atoms with Gasteiger partial charge in [-0.15, -0.1) is 0 Å². The second-order valence-electron chi connectivity index (χ2n) is 5.73. The molecule has 1 saturated heterocycles. The van der Waals surface area contributed by atoms with Crippen molar-refractivity contribution in [3.8, 4) is 5.75 Å². The summed E-state index contributed by atoms with van der Waals surface area (Å²) in [4.78, 5) is 12.6. The number of guanidine groups is 1. The molecule has 7 heteroatoms. The lowest BCUT2D eigenvalue weighted by molar-refractivity contribution is 0.325. The average molecular weight is 343 g/mol.